The quantitative estimate of drug-likeness (QED) is 0.374. The highest BCUT2D eigenvalue weighted by Crippen LogP contribution is 2.23. The Bertz CT molecular complexity index is 1090. The minimum atomic E-state index is -1.30. The lowest BCUT2D eigenvalue weighted by molar-refractivity contribution is -0.129. The van der Waals surface area contributed by atoms with Crippen molar-refractivity contribution in [2.45, 2.75) is 20.0 Å². The summed E-state index contributed by atoms with van der Waals surface area (Å²) in [4.78, 5) is 24.3. The molecular formula is C23H23N3O4. The number of nitrogens with one attached hydrogen (secondary N) is 1. The fraction of sp³-hybridized carbons (Fsp3) is 0.174. The Morgan fingerprint density at radius 2 is 1.77 bits per heavy atom. The summed E-state index contributed by atoms with van der Waals surface area (Å²) in [5.41, 5.74) is 6.49. The van der Waals surface area contributed by atoms with Gasteiger partial charge in [0.15, 0.2) is 6.10 Å². The van der Waals surface area contributed by atoms with Gasteiger partial charge in [0.25, 0.3) is 5.91 Å². The monoisotopic (exact) mass is 405 g/mol. The second-order valence-corrected chi connectivity index (χ2v) is 6.72. The molecule has 0 bridgehead atoms. The van der Waals surface area contributed by atoms with E-state index in [0.29, 0.717) is 16.8 Å². The lowest BCUT2D eigenvalue weighted by atomic mass is 10.1. The molecule has 0 aliphatic carbocycles. The van der Waals surface area contributed by atoms with E-state index in [1.54, 1.807) is 42.5 Å². The number of nitrogens with zero attached hydrogens (tertiary/aromatic N) is 2. The minimum Gasteiger partial charge on any atom is -0.465 e. The molecule has 2 N–H and O–H groups in total. The maximum Gasteiger partial charge on any atom is 0.339 e. The largest absolute Gasteiger partial charge is 0.465 e. The summed E-state index contributed by atoms with van der Waals surface area (Å²) in [6, 6.07) is 17.7. The Hall–Kier alpha value is -3.71. The van der Waals surface area contributed by atoms with Gasteiger partial charge in [0.05, 0.1) is 24.6 Å². The van der Waals surface area contributed by atoms with Crippen molar-refractivity contribution in [1.29, 1.82) is 0 Å². The number of methoxy groups -OCH3 is 1. The Labute approximate surface area is 174 Å². The summed E-state index contributed by atoms with van der Waals surface area (Å²) < 4.78 is 6.81. The third kappa shape index (κ3) is 4.31. The van der Waals surface area contributed by atoms with Gasteiger partial charge in [-0.25, -0.2) is 10.2 Å². The van der Waals surface area contributed by atoms with E-state index >= 15 is 0 Å². The molecule has 0 unspecified atom stereocenters. The van der Waals surface area contributed by atoms with Crippen LogP contribution < -0.4 is 5.43 Å². The molecule has 1 heterocycles. The van der Waals surface area contributed by atoms with Crippen molar-refractivity contribution in [3.63, 3.8) is 0 Å². The number of carbonyl (C=O) groups excluding carboxylic acids is 2. The van der Waals surface area contributed by atoms with Gasteiger partial charge < -0.3 is 14.4 Å². The van der Waals surface area contributed by atoms with E-state index in [-0.39, 0.29) is 0 Å². The van der Waals surface area contributed by atoms with E-state index in [9.17, 15) is 14.7 Å². The first-order chi connectivity index (χ1) is 14.4. The van der Waals surface area contributed by atoms with Crippen LogP contribution in [0.15, 0.2) is 65.8 Å². The van der Waals surface area contributed by atoms with Crippen LogP contribution in [-0.2, 0) is 9.53 Å². The normalized spacial score (nSPS) is 12.0. The van der Waals surface area contributed by atoms with Gasteiger partial charge in [-0.2, -0.15) is 5.10 Å². The van der Waals surface area contributed by atoms with Crippen LogP contribution >= 0.6 is 0 Å². The van der Waals surface area contributed by atoms with Gasteiger partial charge in [0.2, 0.25) is 0 Å². The second kappa shape index (κ2) is 9.19. The summed E-state index contributed by atoms with van der Waals surface area (Å²) in [5.74, 6) is -1.04. The van der Waals surface area contributed by atoms with Crippen molar-refractivity contribution in [1.82, 2.24) is 9.99 Å². The highest BCUT2D eigenvalue weighted by molar-refractivity contribution is 5.94. The highest BCUT2D eigenvalue weighted by Gasteiger charge is 2.18. The van der Waals surface area contributed by atoms with E-state index in [0.717, 1.165) is 17.0 Å². The van der Waals surface area contributed by atoms with Crippen LogP contribution in [0.2, 0.25) is 0 Å². The number of amides is 1. The van der Waals surface area contributed by atoms with Crippen LogP contribution in [0.4, 0.5) is 0 Å². The molecule has 0 spiro atoms. The molecular weight excluding hydrogens is 382 g/mol. The lowest BCUT2D eigenvalue weighted by Gasteiger charge is -2.13. The first kappa shape index (κ1) is 21.0. The number of para-hydroxylation sites is 1. The number of aryl methyl sites for hydroxylation is 1. The number of hydrogen-bond donors (Lipinski definition) is 2. The molecule has 0 fully saturated rings. The third-order valence-corrected chi connectivity index (χ3v) is 4.76. The average Bonchev–Trinajstić information content (AvgIpc) is 3.06. The molecule has 0 aliphatic rings. The fourth-order valence-electron chi connectivity index (χ4n) is 3.25. The number of aliphatic hydroxyl groups excluding tert-OH is 1. The SMILES string of the molecule is COC(=O)c1ccccc1-n1c(C)cc(/C=N\NC(=O)[C@@H](O)c2ccccc2)c1C. The number of esters is 1. The van der Waals surface area contributed by atoms with Gasteiger partial charge in [-0.3, -0.25) is 4.79 Å². The Balaban J connectivity index is 1.82. The number of benzene rings is 2. The van der Waals surface area contributed by atoms with Crippen molar-refractivity contribution in [2.24, 2.45) is 5.10 Å². The van der Waals surface area contributed by atoms with Crippen molar-refractivity contribution in [3.8, 4) is 5.69 Å². The Kier molecular flexibility index (Phi) is 6.44. The number of rotatable bonds is 6. The smallest absolute Gasteiger partial charge is 0.339 e. The Morgan fingerprint density at radius 3 is 2.47 bits per heavy atom. The van der Waals surface area contributed by atoms with Gasteiger partial charge in [-0.05, 0) is 37.6 Å². The predicted molar refractivity (Wildman–Crippen MR) is 114 cm³/mol. The molecule has 30 heavy (non-hydrogen) atoms. The predicted octanol–water partition coefficient (Wildman–Crippen LogP) is 3.06. The maximum atomic E-state index is 12.1. The van der Waals surface area contributed by atoms with E-state index < -0.39 is 18.0 Å². The molecule has 0 saturated heterocycles. The summed E-state index contributed by atoms with van der Waals surface area (Å²) >= 11 is 0. The van der Waals surface area contributed by atoms with Gasteiger partial charge in [-0.1, -0.05) is 42.5 Å². The minimum absolute atomic E-state index is 0.421. The zero-order valence-corrected chi connectivity index (χ0v) is 17.0. The van der Waals surface area contributed by atoms with Gasteiger partial charge in [0.1, 0.15) is 0 Å². The molecule has 7 nitrogen and oxygen atoms in total. The summed E-state index contributed by atoms with van der Waals surface area (Å²) in [5, 5.41) is 14.1. The topological polar surface area (TPSA) is 92.9 Å². The lowest BCUT2D eigenvalue weighted by Crippen LogP contribution is -2.25. The third-order valence-electron chi connectivity index (χ3n) is 4.76. The van der Waals surface area contributed by atoms with Crippen LogP contribution in [0.5, 0.6) is 0 Å². The fourth-order valence-corrected chi connectivity index (χ4v) is 3.25. The molecule has 7 heteroatoms. The molecule has 3 rings (SSSR count). The zero-order chi connectivity index (χ0) is 21.7. The number of ether oxygens (including phenoxy) is 1. The summed E-state index contributed by atoms with van der Waals surface area (Å²) in [6.45, 7) is 3.80. The molecule has 1 aromatic heterocycles. The van der Waals surface area contributed by atoms with Crippen molar-refractivity contribution < 1.29 is 19.4 Å². The zero-order valence-electron chi connectivity index (χ0n) is 17.0. The summed E-state index contributed by atoms with van der Waals surface area (Å²) in [7, 11) is 1.35. The van der Waals surface area contributed by atoms with E-state index in [1.165, 1.54) is 13.3 Å². The molecule has 2 aromatic carbocycles. The van der Waals surface area contributed by atoms with E-state index in [2.05, 4.69) is 10.5 Å². The Morgan fingerprint density at radius 1 is 1.10 bits per heavy atom. The maximum absolute atomic E-state index is 12.1. The first-order valence-corrected chi connectivity index (χ1v) is 9.36. The molecule has 0 radical (unpaired) electrons. The molecule has 154 valence electrons. The summed E-state index contributed by atoms with van der Waals surface area (Å²) in [6.07, 6.45) is 0.206. The number of carbonyl (C=O) groups is 2. The van der Waals surface area contributed by atoms with Gasteiger partial charge >= 0.3 is 5.97 Å². The molecule has 1 amide bonds. The molecule has 1 atom stereocenters. The van der Waals surface area contributed by atoms with Gasteiger partial charge in [-0.15, -0.1) is 0 Å². The second-order valence-electron chi connectivity index (χ2n) is 6.72. The van der Waals surface area contributed by atoms with E-state index in [1.807, 2.05) is 36.6 Å². The first-order valence-electron chi connectivity index (χ1n) is 9.36. The average molecular weight is 405 g/mol. The van der Waals surface area contributed by atoms with Crippen LogP contribution in [0.25, 0.3) is 5.69 Å². The van der Waals surface area contributed by atoms with Gasteiger partial charge in [0, 0.05) is 17.0 Å². The van der Waals surface area contributed by atoms with Crippen molar-refractivity contribution in [3.05, 3.63) is 88.7 Å². The number of hydrazone groups is 1. The molecule has 3 aromatic rings. The van der Waals surface area contributed by atoms with Crippen LogP contribution in [0.1, 0.15) is 39.0 Å². The highest BCUT2D eigenvalue weighted by atomic mass is 16.5. The molecule has 0 aliphatic heterocycles. The van der Waals surface area contributed by atoms with Crippen LogP contribution in [0.3, 0.4) is 0 Å². The standard InChI is InChI=1S/C23H23N3O4/c1-15-13-18(14-24-25-22(28)21(27)17-9-5-4-6-10-17)16(2)26(15)20-12-8-7-11-19(20)23(29)30-3/h4-14,21,27H,1-3H3,(H,25,28)/b24-14-/t21-/m0/s1. The van der Waals surface area contributed by atoms with Crippen LogP contribution in [0, 0.1) is 13.8 Å². The number of aromatic nitrogens is 1. The molecule has 0 saturated carbocycles. The number of hydrogen-bond acceptors (Lipinski definition) is 5. The number of aliphatic hydroxyl groups is 1. The van der Waals surface area contributed by atoms with E-state index in [4.69, 9.17) is 4.74 Å². The van der Waals surface area contributed by atoms with Crippen molar-refractivity contribution in [2.75, 3.05) is 7.11 Å². The van der Waals surface area contributed by atoms with Crippen LogP contribution in [-0.4, -0.2) is 34.9 Å². The van der Waals surface area contributed by atoms with Crippen molar-refractivity contribution >= 4 is 18.1 Å².